The van der Waals surface area contributed by atoms with Crippen LogP contribution in [0.25, 0.3) is 0 Å². The molecule has 3 amide bonds. The first-order valence-electron chi connectivity index (χ1n) is 10.7. The van der Waals surface area contributed by atoms with Crippen molar-refractivity contribution < 1.29 is 33.8 Å². The first-order valence-corrected chi connectivity index (χ1v) is 12.7. The van der Waals surface area contributed by atoms with E-state index in [0.717, 1.165) is 28.8 Å². The maximum atomic E-state index is 13.7. The number of amides is 3. The van der Waals surface area contributed by atoms with Gasteiger partial charge in [-0.2, -0.15) is 0 Å². The van der Waals surface area contributed by atoms with Crippen LogP contribution < -0.4 is 16.8 Å². The van der Waals surface area contributed by atoms with Crippen molar-refractivity contribution in [1.29, 1.82) is 0 Å². The molecule has 0 aliphatic carbocycles. The summed E-state index contributed by atoms with van der Waals surface area (Å²) in [4.78, 5) is 50.4. The lowest BCUT2D eigenvalue weighted by Crippen LogP contribution is -2.71. The first kappa shape index (κ1) is 26.4. The van der Waals surface area contributed by atoms with Gasteiger partial charge in [0.2, 0.25) is 17.0 Å². The molecule has 4 atom stereocenters. The number of nitrogens with one attached hydrogen (secondary N) is 2. The van der Waals surface area contributed by atoms with E-state index in [0.29, 0.717) is 10.7 Å². The number of carboxylic acid groups (broad SMARTS) is 1. The van der Waals surface area contributed by atoms with Crippen LogP contribution >= 0.6 is 23.5 Å². The Kier molecular flexibility index (Phi) is 7.65. The fraction of sp³-hybridized carbons (Fsp3) is 0.350. The third kappa shape index (κ3) is 5.37. The topological polar surface area (TPSA) is 231 Å². The van der Waals surface area contributed by atoms with Gasteiger partial charge in [-0.3, -0.25) is 19.3 Å². The summed E-state index contributed by atoms with van der Waals surface area (Å²) in [6, 6.07) is 0.850. The predicted molar refractivity (Wildman–Crippen MR) is 127 cm³/mol. The number of carboxylic acids is 1. The highest BCUT2D eigenvalue weighted by atomic mass is 32.2. The van der Waals surface area contributed by atoms with E-state index >= 15 is 0 Å². The van der Waals surface area contributed by atoms with Crippen LogP contribution in [0.5, 0.6) is 5.75 Å². The molecule has 196 valence electrons. The average molecular weight is 553 g/mol. The number of aromatic amines is 1. The Labute approximate surface area is 216 Å². The predicted octanol–water partition coefficient (Wildman–Crippen LogP) is -0.791. The molecule has 1 aromatic heterocycles. The molecule has 0 radical (unpaired) electrons. The SMILES string of the molecule is NC(=O)CCC(Sc1nnn[nH]1)C1=C(C(=O)O)N2C(=O)C(NC(=O)C(N)c3ccc(O)c(F)c3)[C@@H]2SC1. The van der Waals surface area contributed by atoms with Gasteiger partial charge in [0.05, 0.1) is 0 Å². The number of hydrogen-bond acceptors (Lipinski definition) is 11. The van der Waals surface area contributed by atoms with Crippen LogP contribution in [-0.4, -0.2) is 81.8 Å². The van der Waals surface area contributed by atoms with E-state index in [-0.39, 0.29) is 29.9 Å². The average Bonchev–Trinajstić information content (AvgIpc) is 3.38. The number of β-lactam (4-membered cyclic amide) rings is 1. The highest BCUT2D eigenvalue weighted by Gasteiger charge is 2.55. The number of tetrazole rings is 1. The third-order valence-electron chi connectivity index (χ3n) is 5.73. The van der Waals surface area contributed by atoms with Gasteiger partial charge in [-0.05, 0) is 40.1 Å². The number of rotatable bonds is 10. The number of aromatic nitrogens is 4. The van der Waals surface area contributed by atoms with Gasteiger partial charge in [-0.25, -0.2) is 14.3 Å². The molecule has 8 N–H and O–H groups in total. The van der Waals surface area contributed by atoms with Crippen molar-refractivity contribution in [3.8, 4) is 5.75 Å². The molecule has 2 aromatic rings. The number of hydrogen-bond donors (Lipinski definition) is 6. The lowest BCUT2D eigenvalue weighted by atomic mass is 9.99. The fourth-order valence-corrected chi connectivity index (χ4v) is 6.46. The quantitative estimate of drug-likeness (QED) is 0.157. The third-order valence-corrected chi connectivity index (χ3v) is 8.24. The summed E-state index contributed by atoms with van der Waals surface area (Å²) < 4.78 is 13.7. The van der Waals surface area contributed by atoms with Crippen molar-refractivity contribution in [3.63, 3.8) is 0 Å². The summed E-state index contributed by atoms with van der Waals surface area (Å²) in [5.41, 5.74) is 11.4. The Hall–Kier alpha value is -3.70. The lowest BCUT2D eigenvalue weighted by Gasteiger charge is -2.50. The van der Waals surface area contributed by atoms with Gasteiger partial charge >= 0.3 is 5.97 Å². The summed E-state index contributed by atoms with van der Waals surface area (Å²) in [5.74, 6) is -4.75. The van der Waals surface area contributed by atoms with Crippen LogP contribution in [0.2, 0.25) is 0 Å². The molecule has 1 saturated heterocycles. The number of fused-ring (bicyclic) bond motifs is 1. The number of phenolic OH excluding ortho intramolecular Hbond substituents is 1. The number of primary amides is 1. The molecule has 0 spiro atoms. The van der Waals surface area contributed by atoms with Crippen LogP contribution in [0.3, 0.4) is 0 Å². The molecule has 17 heteroatoms. The number of aromatic hydroxyl groups is 1. The number of aliphatic carboxylic acids is 1. The Bertz CT molecular complexity index is 1280. The van der Waals surface area contributed by atoms with Crippen LogP contribution in [0.15, 0.2) is 34.6 Å². The van der Waals surface area contributed by atoms with E-state index in [4.69, 9.17) is 11.5 Å². The van der Waals surface area contributed by atoms with E-state index in [2.05, 4.69) is 25.9 Å². The molecule has 2 aliphatic rings. The van der Waals surface area contributed by atoms with Gasteiger partial charge in [0.1, 0.15) is 23.2 Å². The molecule has 3 heterocycles. The van der Waals surface area contributed by atoms with Crippen LogP contribution in [0, 0.1) is 5.82 Å². The summed E-state index contributed by atoms with van der Waals surface area (Å²) in [7, 11) is 0. The highest BCUT2D eigenvalue weighted by Crippen LogP contribution is 2.44. The van der Waals surface area contributed by atoms with Gasteiger partial charge in [-0.15, -0.1) is 16.9 Å². The van der Waals surface area contributed by atoms with Crippen LogP contribution in [0.1, 0.15) is 24.4 Å². The lowest BCUT2D eigenvalue weighted by molar-refractivity contribution is -0.150. The second kappa shape index (κ2) is 10.7. The largest absolute Gasteiger partial charge is 0.505 e. The van der Waals surface area contributed by atoms with Crippen molar-refractivity contribution in [2.24, 2.45) is 11.5 Å². The van der Waals surface area contributed by atoms with Crippen molar-refractivity contribution >= 4 is 47.2 Å². The van der Waals surface area contributed by atoms with Crippen LogP contribution in [-0.2, 0) is 19.2 Å². The number of carbonyl (C=O) groups is 4. The summed E-state index contributed by atoms with van der Waals surface area (Å²) in [6.45, 7) is 0. The van der Waals surface area contributed by atoms with E-state index in [9.17, 15) is 33.8 Å². The molecular weight excluding hydrogens is 531 g/mol. The van der Waals surface area contributed by atoms with Crippen molar-refractivity contribution in [3.05, 3.63) is 40.8 Å². The number of nitrogens with two attached hydrogens (primary N) is 2. The number of H-pyrrole nitrogens is 1. The minimum absolute atomic E-state index is 0.0356. The van der Waals surface area contributed by atoms with E-state index < -0.39 is 58.0 Å². The standard InChI is InChI=1S/C20H21FN8O6S2/c21-9-5-7(1-2-10(9)30)13(23)16(32)24-14-17(33)29-15(19(34)35)8(6-36-18(14)29)11(3-4-12(22)31)37-20-25-27-28-26-20/h1-2,5,11,13-14,18,30H,3-4,6,23H2,(H2,22,31)(H,24,32)(H,34,35)(H,25,26,27,28)/t11?,13?,14?,18-/m0/s1. The molecule has 1 aromatic carbocycles. The fourth-order valence-electron chi connectivity index (χ4n) is 3.91. The van der Waals surface area contributed by atoms with Gasteiger partial charge in [0, 0.05) is 17.4 Å². The number of carbonyl (C=O) groups excluding carboxylic acids is 3. The van der Waals surface area contributed by atoms with Gasteiger partial charge < -0.3 is 27.0 Å². The normalized spacial score (nSPS) is 20.6. The Balaban J connectivity index is 1.54. The molecule has 37 heavy (non-hydrogen) atoms. The zero-order chi connectivity index (χ0) is 26.9. The molecule has 14 nitrogen and oxygen atoms in total. The highest BCUT2D eigenvalue weighted by molar-refractivity contribution is 8.01. The zero-order valence-corrected chi connectivity index (χ0v) is 20.5. The van der Waals surface area contributed by atoms with E-state index in [1.54, 1.807) is 0 Å². The van der Waals surface area contributed by atoms with Gasteiger partial charge in [0.15, 0.2) is 11.6 Å². The summed E-state index contributed by atoms with van der Waals surface area (Å²) >= 11 is 2.33. The molecule has 0 bridgehead atoms. The number of nitrogens with zero attached hydrogens (tertiary/aromatic N) is 4. The molecular formula is C20H21FN8O6S2. The van der Waals surface area contributed by atoms with Crippen molar-refractivity contribution in [1.82, 2.24) is 30.8 Å². The number of thioether (sulfide) groups is 2. The van der Waals surface area contributed by atoms with Crippen molar-refractivity contribution in [2.45, 2.75) is 40.7 Å². The zero-order valence-electron chi connectivity index (χ0n) is 18.8. The Morgan fingerprint density at radius 1 is 1.38 bits per heavy atom. The molecule has 2 aliphatic heterocycles. The van der Waals surface area contributed by atoms with Gasteiger partial charge in [0.25, 0.3) is 5.91 Å². The summed E-state index contributed by atoms with van der Waals surface area (Å²) in [5, 5.41) is 34.1. The Morgan fingerprint density at radius 2 is 2.14 bits per heavy atom. The molecule has 0 saturated carbocycles. The smallest absolute Gasteiger partial charge is 0.352 e. The number of benzene rings is 1. The summed E-state index contributed by atoms with van der Waals surface area (Å²) in [6.07, 6.45) is 0.143. The molecule has 4 rings (SSSR count). The van der Waals surface area contributed by atoms with Crippen LogP contribution in [0.4, 0.5) is 4.39 Å². The number of halogens is 1. The minimum atomic E-state index is -1.35. The molecule has 1 fully saturated rings. The van der Waals surface area contributed by atoms with E-state index in [1.165, 1.54) is 17.8 Å². The monoisotopic (exact) mass is 552 g/mol. The second-order valence-corrected chi connectivity index (χ2v) is 10.4. The maximum absolute atomic E-state index is 13.7. The maximum Gasteiger partial charge on any atom is 0.352 e. The van der Waals surface area contributed by atoms with Gasteiger partial charge in [-0.1, -0.05) is 17.8 Å². The minimum Gasteiger partial charge on any atom is -0.505 e. The number of phenols is 1. The second-order valence-electron chi connectivity index (χ2n) is 8.08. The Morgan fingerprint density at radius 3 is 2.76 bits per heavy atom. The van der Waals surface area contributed by atoms with E-state index in [1.807, 2.05) is 0 Å². The molecule has 3 unspecified atom stereocenters. The first-order chi connectivity index (χ1) is 17.6. The van der Waals surface area contributed by atoms with Crippen molar-refractivity contribution in [2.75, 3.05) is 5.75 Å².